The van der Waals surface area contributed by atoms with Crippen molar-refractivity contribution >= 4 is 140 Å². The summed E-state index contributed by atoms with van der Waals surface area (Å²) < 4.78 is 1.16. The van der Waals surface area contributed by atoms with E-state index in [2.05, 4.69) is 73.3 Å². The molecule has 0 spiro atoms. The molecule has 3 aromatic heterocycles. The highest BCUT2D eigenvalue weighted by molar-refractivity contribution is 8.00. The molecular formula is C86H115N21O24S. The van der Waals surface area contributed by atoms with Crippen LogP contribution in [0.25, 0.3) is 21.8 Å². The number of aliphatic carboxylic acids is 3. The van der Waals surface area contributed by atoms with E-state index in [9.17, 15) is 88.2 Å². The quantitative estimate of drug-likeness (QED) is 0.0276. The fourth-order valence-corrected chi connectivity index (χ4v) is 17.0. The Kier molecular flexibility index (Phi) is 37.5. The van der Waals surface area contributed by atoms with Crippen molar-refractivity contribution in [1.29, 1.82) is 0 Å². The number of phenolic OH excluding ortho intramolecular Hbond substituents is 1. The number of carbonyl (C=O) groups excluding carboxylic acids is 15. The lowest BCUT2D eigenvalue weighted by atomic mass is 9.90. The van der Waals surface area contributed by atoms with Crippen molar-refractivity contribution in [2.45, 2.75) is 221 Å². The standard InChI is InChI=1S/C86H115N21O24S/c1-6-8-19-64-81(126)93-56(26-28-71(114)115)78(123)99-63(77(122)91-40-69(88)112)43-132-44-70(113)92-59(31-46-22-24-50(109)25-23-46)83(128)103(4)45(3)75(120)96-60(36-73(118)119)85(130)105-30-14-21-65(105)82(127)97-61(37-87)79(124)94-57(27-29-72(116)117)84(129)106-41-51(110)35-67(106)68(111)34-47(32-48-38-89-54-17-12-10-15-52(48)54)76(121)98-62(42-108)80(125)95-58(33-49-39-90-55-18-13-11-16-53(49)55)74-100-101-102-107(74)66(20-9-7-2)86(131)104(64)5/h10-13,15-18,22-25,38-39,45,47,51,56-67,89-90,108-110H,6-9,14,19-21,26-37,40-44,87H2,1-5H3,(H2,88,112)(H,91,122)(H,92,113)(H,93,126)(H,94,124)(H,95,125)(H,96,120)(H,97,127)(H,98,121)(H,99,123)(H,114,115)(H,116,117)(H,118,119)/t45-,47+,51+,56-,57-,58-,59-,60-,61-,62-,63-,64-,65-,66-,67-/m0/s1. The molecule has 9 rings (SSSR count). The highest BCUT2D eigenvalue weighted by Crippen LogP contribution is 2.32. The summed E-state index contributed by atoms with van der Waals surface area (Å²) in [7, 11) is 2.46. The minimum absolute atomic E-state index is 0.0235. The SMILES string of the molecule is CCCC[C@H]1C(=O)N[C@@H](CCC(=O)O)C(=O)N[C@H](C(=O)NCC(N)=O)CSCC(=O)N[C@@H](Cc2ccc(O)cc2)C(=O)N(C)[C@@H](C)C(=O)N[C@@H](CC(=O)O)C(=O)N2CCC[C@H]2C(=O)N[C@@H](CN)C(=O)N[C@@H](CCC(=O)O)C(=O)N2C[C@H](O)C[C@H]2C(=O)C[C@@H](Cc2c[nH]c3ccccc23)C(=O)N[C@@H](CO)C(=O)N[C@@H](Cc2c[nH]c3ccccc23)c2nnnn2[C@@H](CCCC)C(=O)N1C. The number of nitrogens with two attached hydrogens (primary N) is 2. The van der Waals surface area contributed by atoms with Crippen molar-refractivity contribution in [3.05, 3.63) is 108 Å². The molecule has 6 aromatic rings. The molecule has 3 aliphatic heterocycles. The summed E-state index contributed by atoms with van der Waals surface area (Å²) in [6.07, 6.45) is -2.64. The molecule has 0 bridgehead atoms. The molecule has 45 nitrogen and oxygen atoms in total. The van der Waals surface area contributed by atoms with E-state index >= 15 is 28.8 Å². The number of thioether (sulfide) groups is 1. The van der Waals surface area contributed by atoms with Crippen LogP contribution in [0.3, 0.4) is 0 Å². The number of H-pyrrole nitrogens is 2. The number of para-hydroxylation sites is 2. The summed E-state index contributed by atoms with van der Waals surface area (Å²) in [5.74, 6) is -22.8. The van der Waals surface area contributed by atoms with Gasteiger partial charge in [0, 0.05) is 118 Å². The second kappa shape index (κ2) is 48.4. The van der Waals surface area contributed by atoms with Crippen LogP contribution in [0.2, 0.25) is 0 Å². The molecule has 6 heterocycles. The number of rotatable bonds is 25. The average Bonchev–Trinajstić information content (AvgIpc) is 1.65. The number of carboxylic acids is 3. The number of fused-ring (bicyclic) bond motifs is 5. The molecule has 46 heteroatoms. The van der Waals surface area contributed by atoms with Gasteiger partial charge in [0.25, 0.3) is 0 Å². The summed E-state index contributed by atoms with van der Waals surface area (Å²) in [5.41, 5.74) is 14.2. The zero-order chi connectivity index (χ0) is 96.3. The zero-order valence-electron chi connectivity index (χ0n) is 73.6. The number of aliphatic hydroxyl groups excluding tert-OH is 2. The number of Topliss-reactive ketones (excluding diaryl/α,β-unsaturated/α-hetero) is 1. The monoisotopic (exact) mass is 1860 g/mol. The van der Waals surface area contributed by atoms with E-state index in [1.807, 2.05) is 6.92 Å². The second-order valence-corrected chi connectivity index (χ2v) is 34.0. The van der Waals surface area contributed by atoms with Crippen LogP contribution in [-0.2, 0) is 106 Å². The van der Waals surface area contributed by atoms with Crippen LogP contribution in [0.1, 0.15) is 152 Å². The second-order valence-electron chi connectivity index (χ2n) is 33.0. The number of unbranched alkanes of at least 4 members (excludes halogenated alkanes) is 2. The summed E-state index contributed by atoms with van der Waals surface area (Å²) in [4.78, 5) is 267. The van der Waals surface area contributed by atoms with E-state index in [0.29, 0.717) is 69.5 Å². The summed E-state index contributed by atoms with van der Waals surface area (Å²) in [6.45, 7) is 1.46. The van der Waals surface area contributed by atoms with E-state index in [1.54, 1.807) is 67.8 Å². The number of nitrogens with zero attached hydrogens (tertiary/aromatic N) is 8. The highest BCUT2D eigenvalue weighted by Gasteiger charge is 2.47. The molecule has 2 saturated heterocycles. The van der Waals surface area contributed by atoms with Crippen molar-refractivity contribution in [2.24, 2.45) is 17.4 Å². The first-order valence-corrected chi connectivity index (χ1v) is 44.6. The Morgan fingerprint density at radius 1 is 0.576 bits per heavy atom. The van der Waals surface area contributed by atoms with Crippen LogP contribution in [0, 0.1) is 5.92 Å². The van der Waals surface area contributed by atoms with Gasteiger partial charge in [-0.1, -0.05) is 88.1 Å². The Labute approximate surface area is 761 Å². The molecule has 0 unspecified atom stereocenters. The van der Waals surface area contributed by atoms with E-state index < -0.39 is 280 Å². The molecule has 0 saturated carbocycles. The first-order chi connectivity index (χ1) is 62.9. The topological polar surface area (TPSA) is 677 Å². The molecule has 2 fully saturated rings. The third-order valence-corrected chi connectivity index (χ3v) is 24.5. The maximum absolute atomic E-state index is 15.7. The number of carboxylic acid groups (broad SMARTS) is 3. The van der Waals surface area contributed by atoms with Gasteiger partial charge in [-0.15, -0.1) is 16.9 Å². The number of benzene rings is 3. The predicted molar refractivity (Wildman–Crippen MR) is 471 cm³/mol. The van der Waals surface area contributed by atoms with E-state index in [4.69, 9.17) is 11.5 Å². The van der Waals surface area contributed by atoms with E-state index in [-0.39, 0.29) is 69.5 Å². The van der Waals surface area contributed by atoms with Gasteiger partial charge in [-0.05, 0) is 103 Å². The van der Waals surface area contributed by atoms with Crippen LogP contribution >= 0.6 is 11.8 Å². The number of aliphatic hydroxyl groups is 2. The predicted octanol–water partition coefficient (Wildman–Crippen LogP) is -2.75. The maximum atomic E-state index is 15.7. The number of hydrogen-bond donors (Lipinski definition) is 19. The Bertz CT molecular complexity index is 5180. The zero-order valence-corrected chi connectivity index (χ0v) is 74.4. The lowest BCUT2D eigenvalue weighted by Gasteiger charge is -2.32. The highest BCUT2D eigenvalue weighted by atomic mass is 32.2. The van der Waals surface area contributed by atoms with E-state index in [1.165, 1.54) is 38.2 Å². The number of aromatic nitrogens is 6. The third-order valence-electron chi connectivity index (χ3n) is 23.5. The number of phenols is 1. The molecule has 714 valence electrons. The normalized spacial score (nSPS) is 24.8. The van der Waals surface area contributed by atoms with Crippen LogP contribution in [0.4, 0.5) is 0 Å². The van der Waals surface area contributed by atoms with Gasteiger partial charge in [-0.25, -0.2) is 4.68 Å². The van der Waals surface area contributed by atoms with Gasteiger partial charge in [0.05, 0.1) is 43.5 Å². The smallest absolute Gasteiger partial charge is 0.305 e. The maximum Gasteiger partial charge on any atom is 0.305 e. The number of aromatic amines is 2. The molecule has 15 atom stereocenters. The van der Waals surface area contributed by atoms with Gasteiger partial charge < -0.3 is 120 Å². The fraction of sp³-hybridized carbons (Fsp3) is 0.523. The number of likely N-dealkylation sites (N-methyl/N-ethyl adjacent to an activating group) is 2. The molecule has 132 heavy (non-hydrogen) atoms. The Balaban J connectivity index is 1.10. The molecule has 0 aliphatic carbocycles. The van der Waals surface area contributed by atoms with Crippen molar-refractivity contribution in [3.63, 3.8) is 0 Å². The number of aromatic hydroxyl groups is 1. The summed E-state index contributed by atoms with van der Waals surface area (Å²) in [5, 5.41) is 99.6. The van der Waals surface area contributed by atoms with Crippen molar-refractivity contribution < 1.29 is 117 Å². The number of tetrazole rings is 1. The van der Waals surface area contributed by atoms with Gasteiger partial charge in [-0.3, -0.25) is 86.3 Å². The lowest BCUT2D eigenvalue weighted by Crippen LogP contribution is -2.60. The van der Waals surface area contributed by atoms with Crippen LogP contribution < -0.4 is 59.3 Å². The number of nitrogens with one attached hydrogen (secondary N) is 11. The molecule has 21 N–H and O–H groups in total. The average molecular weight is 1860 g/mol. The Hall–Kier alpha value is -13.5. The van der Waals surface area contributed by atoms with Gasteiger partial charge in [-0.2, -0.15) is 0 Å². The number of carbonyl (C=O) groups is 18. The molecule has 0 radical (unpaired) electrons. The van der Waals surface area contributed by atoms with Crippen LogP contribution in [0.15, 0.2) is 85.2 Å². The number of ketones is 1. The van der Waals surface area contributed by atoms with Gasteiger partial charge in [0.2, 0.25) is 82.7 Å². The van der Waals surface area contributed by atoms with Gasteiger partial charge in [0.15, 0.2) is 11.6 Å². The molecule has 14 amide bonds. The van der Waals surface area contributed by atoms with Gasteiger partial charge in [0.1, 0.15) is 72.2 Å². The minimum atomic E-state index is -1.95. The van der Waals surface area contributed by atoms with Gasteiger partial charge >= 0.3 is 17.9 Å². The van der Waals surface area contributed by atoms with Crippen molar-refractivity contribution in [3.8, 4) is 5.75 Å². The Morgan fingerprint density at radius 3 is 1.76 bits per heavy atom. The van der Waals surface area contributed by atoms with Crippen LogP contribution in [0.5, 0.6) is 5.75 Å². The largest absolute Gasteiger partial charge is 0.508 e. The summed E-state index contributed by atoms with van der Waals surface area (Å²) in [6, 6.07) is -1.95. The van der Waals surface area contributed by atoms with Crippen LogP contribution in [-0.4, -0.2) is 318 Å². The van der Waals surface area contributed by atoms with E-state index in [0.717, 1.165) is 31.3 Å². The third kappa shape index (κ3) is 27.6. The minimum Gasteiger partial charge on any atom is -0.508 e. The lowest BCUT2D eigenvalue weighted by molar-refractivity contribution is -0.147. The first kappa shape index (κ1) is 102. The molecular weight excluding hydrogens is 1740 g/mol. The first-order valence-electron chi connectivity index (χ1n) is 43.5. The number of primary amides is 1. The van der Waals surface area contributed by atoms with Crippen molar-refractivity contribution in [2.75, 3.05) is 58.4 Å². The molecule has 3 aromatic carbocycles. The Morgan fingerprint density at radius 2 is 1.14 bits per heavy atom. The fourth-order valence-electron chi connectivity index (χ4n) is 16.1. The molecule has 3 aliphatic rings. The number of hydrogen-bond acceptors (Lipinski definition) is 26. The van der Waals surface area contributed by atoms with Crippen molar-refractivity contribution in [1.82, 2.24) is 97.6 Å². The number of amides is 14. The summed E-state index contributed by atoms with van der Waals surface area (Å²) >= 11 is 0.689.